The van der Waals surface area contributed by atoms with Crippen molar-refractivity contribution in [1.29, 1.82) is 0 Å². The number of morpholine rings is 1. The molecule has 2 aliphatic rings. The third-order valence-corrected chi connectivity index (χ3v) is 5.29. The molecule has 0 aromatic carbocycles. The normalized spacial score (nSPS) is 25.2. The number of urea groups is 1. The van der Waals surface area contributed by atoms with Gasteiger partial charge in [0.2, 0.25) is 0 Å². The number of amides is 2. The minimum atomic E-state index is -0.123. The number of carbonyl (C=O) groups excluding carboxylic acids is 1. The van der Waals surface area contributed by atoms with Gasteiger partial charge in [-0.3, -0.25) is 9.88 Å². The van der Waals surface area contributed by atoms with Crippen LogP contribution in [0.3, 0.4) is 0 Å². The molecule has 2 atom stereocenters. The number of nitrogens with one attached hydrogen (secondary N) is 1. The van der Waals surface area contributed by atoms with Gasteiger partial charge in [-0.2, -0.15) is 0 Å². The van der Waals surface area contributed by atoms with Crippen molar-refractivity contribution in [2.75, 3.05) is 39.8 Å². The number of ether oxygens (including phenoxy) is 1. The van der Waals surface area contributed by atoms with Crippen molar-refractivity contribution < 1.29 is 9.53 Å². The molecule has 6 heteroatoms. The summed E-state index contributed by atoms with van der Waals surface area (Å²) >= 11 is 0. The van der Waals surface area contributed by atoms with Crippen LogP contribution < -0.4 is 5.32 Å². The lowest BCUT2D eigenvalue weighted by atomic mass is 9.85. The second kappa shape index (κ2) is 7.07. The number of likely N-dealkylation sites (tertiary alicyclic amines) is 1. The fraction of sp³-hybridized carbons (Fsp3) is 0.667. The van der Waals surface area contributed by atoms with Crippen LogP contribution in [0, 0.1) is 0 Å². The number of piperidine rings is 1. The van der Waals surface area contributed by atoms with Gasteiger partial charge in [-0.15, -0.1) is 0 Å². The van der Waals surface area contributed by atoms with Crippen molar-refractivity contribution >= 4 is 6.03 Å². The van der Waals surface area contributed by atoms with E-state index in [0.29, 0.717) is 12.6 Å². The summed E-state index contributed by atoms with van der Waals surface area (Å²) in [4.78, 5) is 20.9. The van der Waals surface area contributed by atoms with Crippen molar-refractivity contribution in [2.24, 2.45) is 0 Å². The maximum Gasteiger partial charge on any atom is 0.317 e. The fourth-order valence-electron chi connectivity index (χ4n) is 3.54. The molecule has 1 aromatic heterocycles. The Hall–Kier alpha value is -1.66. The Morgan fingerprint density at radius 3 is 2.88 bits per heavy atom. The van der Waals surface area contributed by atoms with E-state index < -0.39 is 0 Å². The Balaban J connectivity index is 1.55. The Bertz CT molecular complexity index is 563. The standard InChI is InChI=1S/C18H28N4O2/c1-18(2,14-4-7-19-8-5-14)13-20-17(23)22-9-6-16-15(12-22)21(3)10-11-24-16/h4-5,7-8,15-16H,6,9-13H2,1-3H3,(H,20,23). The van der Waals surface area contributed by atoms with E-state index in [4.69, 9.17) is 4.74 Å². The number of nitrogens with zero attached hydrogens (tertiary/aromatic N) is 3. The molecular formula is C18H28N4O2. The number of rotatable bonds is 3. The summed E-state index contributed by atoms with van der Waals surface area (Å²) in [7, 11) is 2.12. The zero-order valence-corrected chi connectivity index (χ0v) is 14.9. The molecule has 0 radical (unpaired) electrons. The number of aromatic nitrogens is 1. The van der Waals surface area contributed by atoms with Gasteiger partial charge in [-0.05, 0) is 31.2 Å². The number of pyridine rings is 1. The molecule has 2 fully saturated rings. The molecule has 2 unspecified atom stereocenters. The first-order valence-electron chi connectivity index (χ1n) is 8.72. The highest BCUT2D eigenvalue weighted by atomic mass is 16.5. The van der Waals surface area contributed by atoms with E-state index in [1.807, 2.05) is 17.0 Å². The average Bonchev–Trinajstić information content (AvgIpc) is 2.60. The molecular weight excluding hydrogens is 304 g/mol. The number of likely N-dealkylation sites (N-methyl/N-ethyl adjacent to an activating group) is 1. The summed E-state index contributed by atoms with van der Waals surface area (Å²) in [5.41, 5.74) is 1.05. The maximum atomic E-state index is 12.6. The summed E-state index contributed by atoms with van der Waals surface area (Å²) in [5.74, 6) is 0. The van der Waals surface area contributed by atoms with Gasteiger partial charge in [-0.1, -0.05) is 13.8 Å². The van der Waals surface area contributed by atoms with Gasteiger partial charge in [0.1, 0.15) is 0 Å². The lowest BCUT2D eigenvalue weighted by Crippen LogP contribution is -2.61. The van der Waals surface area contributed by atoms with Crippen molar-refractivity contribution in [1.82, 2.24) is 20.1 Å². The predicted molar refractivity (Wildman–Crippen MR) is 93.0 cm³/mol. The zero-order valence-electron chi connectivity index (χ0n) is 14.9. The molecule has 2 aliphatic heterocycles. The molecule has 0 saturated carbocycles. The minimum Gasteiger partial charge on any atom is -0.375 e. The van der Waals surface area contributed by atoms with Crippen LogP contribution in [0.2, 0.25) is 0 Å². The summed E-state index contributed by atoms with van der Waals surface area (Å²) in [6.45, 7) is 8.11. The van der Waals surface area contributed by atoms with Gasteiger partial charge in [0.05, 0.1) is 18.8 Å². The molecule has 0 aliphatic carbocycles. The number of hydrogen-bond acceptors (Lipinski definition) is 4. The number of carbonyl (C=O) groups is 1. The molecule has 1 aromatic rings. The van der Waals surface area contributed by atoms with Crippen LogP contribution in [-0.4, -0.2) is 72.8 Å². The van der Waals surface area contributed by atoms with Crippen molar-refractivity contribution in [3.05, 3.63) is 30.1 Å². The molecule has 0 spiro atoms. The van der Waals surface area contributed by atoms with Crippen LogP contribution in [0.5, 0.6) is 0 Å². The van der Waals surface area contributed by atoms with Crippen LogP contribution >= 0.6 is 0 Å². The molecule has 3 rings (SSSR count). The third kappa shape index (κ3) is 3.70. The fourth-order valence-corrected chi connectivity index (χ4v) is 3.54. The van der Waals surface area contributed by atoms with Crippen LogP contribution in [0.1, 0.15) is 25.8 Å². The van der Waals surface area contributed by atoms with Crippen LogP contribution in [0.25, 0.3) is 0 Å². The quantitative estimate of drug-likeness (QED) is 0.911. The summed E-state index contributed by atoms with van der Waals surface area (Å²) in [5, 5.41) is 3.11. The van der Waals surface area contributed by atoms with E-state index in [0.717, 1.165) is 32.7 Å². The molecule has 2 saturated heterocycles. The first-order chi connectivity index (χ1) is 11.5. The van der Waals surface area contributed by atoms with Crippen LogP contribution in [0.15, 0.2) is 24.5 Å². The van der Waals surface area contributed by atoms with E-state index in [9.17, 15) is 4.79 Å². The topological polar surface area (TPSA) is 57.7 Å². The number of fused-ring (bicyclic) bond motifs is 1. The Morgan fingerprint density at radius 1 is 1.38 bits per heavy atom. The predicted octanol–water partition coefficient (Wildman–Crippen LogP) is 1.47. The largest absolute Gasteiger partial charge is 0.375 e. The van der Waals surface area contributed by atoms with Crippen molar-refractivity contribution in [2.45, 2.75) is 37.8 Å². The second-order valence-corrected chi connectivity index (χ2v) is 7.47. The molecule has 2 amide bonds. The highest BCUT2D eigenvalue weighted by Gasteiger charge is 2.37. The van der Waals surface area contributed by atoms with E-state index in [-0.39, 0.29) is 17.6 Å². The maximum absolute atomic E-state index is 12.6. The highest BCUT2D eigenvalue weighted by Crippen LogP contribution is 2.23. The summed E-state index contributed by atoms with van der Waals surface area (Å²) < 4.78 is 5.85. The highest BCUT2D eigenvalue weighted by molar-refractivity contribution is 5.74. The summed E-state index contributed by atoms with van der Waals surface area (Å²) in [6, 6.07) is 4.35. The smallest absolute Gasteiger partial charge is 0.317 e. The minimum absolute atomic E-state index is 0.0227. The number of hydrogen-bond donors (Lipinski definition) is 1. The van der Waals surface area contributed by atoms with E-state index >= 15 is 0 Å². The van der Waals surface area contributed by atoms with Crippen molar-refractivity contribution in [3.8, 4) is 0 Å². The third-order valence-electron chi connectivity index (χ3n) is 5.29. The first kappa shape index (κ1) is 17.2. The SMILES string of the molecule is CN1CCOC2CCN(C(=O)NCC(C)(C)c3ccncc3)CC21. The van der Waals surface area contributed by atoms with E-state index in [1.165, 1.54) is 5.56 Å². The zero-order chi connectivity index (χ0) is 17.2. The van der Waals surface area contributed by atoms with E-state index in [1.54, 1.807) is 12.4 Å². The lowest BCUT2D eigenvalue weighted by Gasteiger charge is -2.45. The Kier molecular flexibility index (Phi) is 5.06. The molecule has 132 valence electrons. The molecule has 1 N–H and O–H groups in total. The Morgan fingerprint density at radius 2 is 2.12 bits per heavy atom. The van der Waals surface area contributed by atoms with Crippen LogP contribution in [0.4, 0.5) is 4.79 Å². The van der Waals surface area contributed by atoms with Crippen molar-refractivity contribution in [3.63, 3.8) is 0 Å². The van der Waals surface area contributed by atoms with Gasteiger partial charge in [0.25, 0.3) is 0 Å². The van der Waals surface area contributed by atoms with E-state index in [2.05, 4.69) is 36.1 Å². The lowest BCUT2D eigenvalue weighted by molar-refractivity contribution is -0.0881. The molecule has 24 heavy (non-hydrogen) atoms. The second-order valence-electron chi connectivity index (χ2n) is 7.47. The van der Waals surface area contributed by atoms with Gasteiger partial charge < -0.3 is 15.0 Å². The molecule has 0 bridgehead atoms. The van der Waals surface area contributed by atoms with Gasteiger partial charge >= 0.3 is 6.03 Å². The molecule has 3 heterocycles. The van der Waals surface area contributed by atoms with Gasteiger partial charge in [0.15, 0.2) is 0 Å². The first-order valence-corrected chi connectivity index (χ1v) is 8.72. The van der Waals surface area contributed by atoms with Crippen LogP contribution in [-0.2, 0) is 10.2 Å². The average molecular weight is 332 g/mol. The van der Waals surface area contributed by atoms with Gasteiger partial charge in [0, 0.05) is 44.0 Å². The Labute approximate surface area is 144 Å². The van der Waals surface area contributed by atoms with Gasteiger partial charge in [-0.25, -0.2) is 4.79 Å². The molecule has 6 nitrogen and oxygen atoms in total. The summed E-state index contributed by atoms with van der Waals surface area (Å²) in [6.07, 6.45) is 4.77. The monoisotopic (exact) mass is 332 g/mol.